The van der Waals surface area contributed by atoms with Crippen molar-refractivity contribution < 1.29 is 4.79 Å². The van der Waals surface area contributed by atoms with Crippen LogP contribution in [0.3, 0.4) is 0 Å². The first kappa shape index (κ1) is 13.9. The van der Waals surface area contributed by atoms with Gasteiger partial charge in [0.25, 0.3) is 5.91 Å². The summed E-state index contributed by atoms with van der Waals surface area (Å²) >= 11 is 2.91. The second kappa shape index (κ2) is 5.82. The first-order valence-electron chi connectivity index (χ1n) is 6.69. The number of carbonyl (C=O) groups excluding carboxylic acids is 1. The second-order valence-corrected chi connectivity index (χ2v) is 6.38. The molecule has 1 N–H and O–H groups in total. The van der Waals surface area contributed by atoms with Gasteiger partial charge in [-0.25, -0.2) is 4.98 Å². The van der Waals surface area contributed by atoms with E-state index < -0.39 is 0 Å². The van der Waals surface area contributed by atoms with Crippen molar-refractivity contribution in [3.63, 3.8) is 0 Å². The largest absolute Gasteiger partial charge is 0.295 e. The topological polar surface area (TPSA) is 80.7 Å². The third kappa shape index (κ3) is 2.81. The van der Waals surface area contributed by atoms with Gasteiger partial charge < -0.3 is 0 Å². The third-order valence-electron chi connectivity index (χ3n) is 3.09. The summed E-state index contributed by atoms with van der Waals surface area (Å²) in [4.78, 5) is 20.8. The lowest BCUT2D eigenvalue weighted by atomic mass is 10.3. The van der Waals surface area contributed by atoms with Gasteiger partial charge in [0.1, 0.15) is 10.7 Å². The van der Waals surface area contributed by atoms with Crippen LogP contribution in [0.2, 0.25) is 0 Å². The molecule has 0 saturated carbocycles. The van der Waals surface area contributed by atoms with E-state index in [1.54, 1.807) is 11.3 Å². The van der Waals surface area contributed by atoms with Crippen molar-refractivity contribution in [1.82, 2.24) is 20.2 Å². The van der Waals surface area contributed by atoms with Gasteiger partial charge in [-0.05, 0) is 23.6 Å². The maximum absolute atomic E-state index is 12.3. The Labute approximate surface area is 138 Å². The number of nitrogens with zero attached hydrogens (tertiary/aromatic N) is 4. The summed E-state index contributed by atoms with van der Waals surface area (Å²) in [7, 11) is 0. The minimum absolute atomic E-state index is 0.246. The van der Waals surface area contributed by atoms with Crippen molar-refractivity contribution >= 4 is 44.7 Å². The Morgan fingerprint density at radius 3 is 2.78 bits per heavy atom. The van der Waals surface area contributed by atoms with Crippen LogP contribution in [0.25, 0.3) is 21.6 Å². The van der Waals surface area contributed by atoms with E-state index in [1.807, 2.05) is 41.1 Å². The normalized spacial score (nSPS) is 10.8. The van der Waals surface area contributed by atoms with Gasteiger partial charge in [-0.1, -0.05) is 23.5 Å². The number of benzene rings is 1. The van der Waals surface area contributed by atoms with E-state index in [0.717, 1.165) is 16.1 Å². The van der Waals surface area contributed by atoms with Crippen LogP contribution < -0.4 is 5.32 Å². The van der Waals surface area contributed by atoms with E-state index >= 15 is 0 Å². The van der Waals surface area contributed by atoms with Gasteiger partial charge in [-0.2, -0.15) is 11.3 Å². The van der Waals surface area contributed by atoms with E-state index in [2.05, 4.69) is 25.5 Å². The molecule has 112 valence electrons. The van der Waals surface area contributed by atoms with Crippen LogP contribution in [0.1, 0.15) is 10.5 Å². The molecule has 0 bridgehead atoms. The highest BCUT2D eigenvalue weighted by atomic mass is 32.1. The number of rotatable bonds is 3. The fraction of sp³-hybridized carbons (Fsp3) is 0. The number of para-hydroxylation sites is 2. The number of aromatic nitrogens is 4. The predicted octanol–water partition coefficient (Wildman–Crippen LogP) is 3.46. The monoisotopic (exact) mass is 339 g/mol. The number of nitrogens with one attached hydrogen (secondary N) is 1. The van der Waals surface area contributed by atoms with Crippen LogP contribution in [0.5, 0.6) is 0 Å². The van der Waals surface area contributed by atoms with Gasteiger partial charge in [-0.15, -0.1) is 10.2 Å². The summed E-state index contributed by atoms with van der Waals surface area (Å²) < 4.78 is 0. The summed E-state index contributed by atoms with van der Waals surface area (Å²) in [6.07, 6.45) is 1.46. The fourth-order valence-corrected chi connectivity index (χ4v) is 3.45. The molecule has 0 aliphatic heterocycles. The van der Waals surface area contributed by atoms with Gasteiger partial charge in [-0.3, -0.25) is 15.1 Å². The summed E-state index contributed by atoms with van der Waals surface area (Å²) in [5.41, 5.74) is 2.67. The average molecular weight is 339 g/mol. The van der Waals surface area contributed by atoms with Crippen LogP contribution in [0.4, 0.5) is 5.13 Å². The minimum atomic E-state index is -0.351. The van der Waals surface area contributed by atoms with E-state index in [4.69, 9.17) is 0 Å². The van der Waals surface area contributed by atoms with E-state index in [9.17, 15) is 4.79 Å². The standard InChI is InChI=1S/C15H9N5OS2/c21-13(12-7-16-10-3-1-2-4-11(10)17-12)18-15-20-19-14(23-15)9-5-6-22-8-9/h1-8H,(H,18,20,21). The van der Waals surface area contributed by atoms with Gasteiger partial charge in [0, 0.05) is 10.9 Å². The van der Waals surface area contributed by atoms with Gasteiger partial charge in [0.15, 0.2) is 0 Å². The molecule has 6 nitrogen and oxygen atoms in total. The summed E-state index contributed by atoms with van der Waals surface area (Å²) in [5.74, 6) is -0.351. The average Bonchev–Trinajstić information content (AvgIpc) is 3.25. The first-order valence-corrected chi connectivity index (χ1v) is 8.45. The zero-order valence-corrected chi connectivity index (χ0v) is 13.3. The zero-order valence-electron chi connectivity index (χ0n) is 11.6. The molecule has 3 aromatic heterocycles. The van der Waals surface area contributed by atoms with Crippen molar-refractivity contribution in [2.45, 2.75) is 0 Å². The number of amides is 1. The van der Waals surface area contributed by atoms with Gasteiger partial charge in [0.2, 0.25) is 5.13 Å². The molecule has 4 rings (SSSR count). The first-order chi connectivity index (χ1) is 11.3. The molecule has 3 heterocycles. The van der Waals surface area contributed by atoms with Crippen molar-refractivity contribution in [1.29, 1.82) is 0 Å². The fourth-order valence-electron chi connectivity index (χ4n) is 2.00. The van der Waals surface area contributed by atoms with Crippen molar-refractivity contribution in [3.8, 4) is 10.6 Å². The van der Waals surface area contributed by atoms with Crippen LogP contribution in [-0.4, -0.2) is 26.1 Å². The molecule has 1 amide bonds. The number of anilines is 1. The second-order valence-electron chi connectivity index (χ2n) is 4.62. The highest BCUT2D eigenvalue weighted by molar-refractivity contribution is 7.19. The number of carbonyl (C=O) groups is 1. The third-order valence-corrected chi connectivity index (χ3v) is 4.67. The maximum atomic E-state index is 12.3. The molecule has 23 heavy (non-hydrogen) atoms. The van der Waals surface area contributed by atoms with Gasteiger partial charge in [0.05, 0.1) is 17.2 Å². The number of fused-ring (bicyclic) bond motifs is 1. The molecule has 0 unspecified atom stereocenters. The predicted molar refractivity (Wildman–Crippen MR) is 90.7 cm³/mol. The van der Waals surface area contributed by atoms with Crippen LogP contribution in [-0.2, 0) is 0 Å². The van der Waals surface area contributed by atoms with Gasteiger partial charge >= 0.3 is 0 Å². The number of hydrogen-bond acceptors (Lipinski definition) is 7. The van der Waals surface area contributed by atoms with Crippen molar-refractivity contribution in [2.24, 2.45) is 0 Å². The lowest BCUT2D eigenvalue weighted by Gasteiger charge is -2.01. The Kier molecular flexibility index (Phi) is 3.52. The Morgan fingerprint density at radius 1 is 1.09 bits per heavy atom. The lowest BCUT2D eigenvalue weighted by molar-refractivity contribution is 0.102. The Balaban J connectivity index is 1.57. The van der Waals surface area contributed by atoms with E-state index in [-0.39, 0.29) is 11.6 Å². The molecule has 0 saturated heterocycles. The SMILES string of the molecule is O=C(Nc1nnc(-c2ccsc2)s1)c1cnc2ccccc2n1. The molecule has 4 aromatic rings. The molecule has 0 aliphatic rings. The molecule has 0 atom stereocenters. The lowest BCUT2D eigenvalue weighted by Crippen LogP contribution is -2.14. The highest BCUT2D eigenvalue weighted by Crippen LogP contribution is 2.28. The quantitative estimate of drug-likeness (QED) is 0.618. The minimum Gasteiger partial charge on any atom is -0.295 e. The Bertz CT molecular complexity index is 980. The Hall–Kier alpha value is -2.71. The van der Waals surface area contributed by atoms with Crippen molar-refractivity contribution in [2.75, 3.05) is 5.32 Å². The number of thiophene rings is 1. The molecule has 1 aromatic carbocycles. The molecule has 0 radical (unpaired) electrons. The van der Waals surface area contributed by atoms with Crippen LogP contribution >= 0.6 is 22.7 Å². The van der Waals surface area contributed by atoms with E-state index in [1.165, 1.54) is 17.5 Å². The molecular weight excluding hydrogens is 330 g/mol. The highest BCUT2D eigenvalue weighted by Gasteiger charge is 2.13. The molecule has 0 fully saturated rings. The molecular formula is C15H9N5OS2. The Morgan fingerprint density at radius 2 is 1.96 bits per heavy atom. The smallest absolute Gasteiger partial charge is 0.277 e. The zero-order chi connectivity index (χ0) is 15.6. The summed E-state index contributed by atoms with van der Waals surface area (Å²) in [6.45, 7) is 0. The number of hydrogen-bond donors (Lipinski definition) is 1. The van der Waals surface area contributed by atoms with Crippen LogP contribution in [0.15, 0.2) is 47.3 Å². The molecule has 8 heteroatoms. The maximum Gasteiger partial charge on any atom is 0.277 e. The van der Waals surface area contributed by atoms with Crippen molar-refractivity contribution in [3.05, 3.63) is 53.0 Å². The van der Waals surface area contributed by atoms with Crippen LogP contribution in [0, 0.1) is 0 Å². The summed E-state index contributed by atoms with van der Waals surface area (Å²) in [5, 5.41) is 15.9. The molecule has 0 aliphatic carbocycles. The summed E-state index contributed by atoms with van der Waals surface area (Å²) in [6, 6.07) is 9.37. The molecule has 0 spiro atoms. The van der Waals surface area contributed by atoms with E-state index in [0.29, 0.717) is 10.6 Å².